The Bertz CT molecular complexity index is 189. The van der Waals surface area contributed by atoms with Crippen LogP contribution >= 0.6 is 0 Å². The van der Waals surface area contributed by atoms with Crippen LogP contribution < -0.4 is 5.73 Å². The number of fused-ring (bicyclic) bond motifs is 2. The second-order valence-electron chi connectivity index (χ2n) is 5.19. The molecule has 0 spiro atoms. The highest BCUT2D eigenvalue weighted by Gasteiger charge is 2.59. The molecule has 1 heteroatoms. The van der Waals surface area contributed by atoms with Crippen molar-refractivity contribution in [2.75, 3.05) is 0 Å². The van der Waals surface area contributed by atoms with E-state index in [1.165, 1.54) is 19.3 Å². The van der Waals surface area contributed by atoms with Crippen LogP contribution in [0.15, 0.2) is 0 Å². The molecule has 64 valence electrons. The number of rotatable bonds is 0. The minimum Gasteiger partial charge on any atom is -0.327 e. The highest BCUT2D eigenvalue weighted by atomic mass is 14.8. The highest BCUT2D eigenvalue weighted by molar-refractivity contribution is 5.11. The normalized spacial score (nSPS) is 62.2. The predicted molar refractivity (Wildman–Crippen MR) is 47.2 cm³/mol. The zero-order valence-corrected chi connectivity index (χ0v) is 7.85. The molecule has 0 aliphatic heterocycles. The molecule has 2 aliphatic rings. The predicted octanol–water partition coefficient (Wildman–Crippen LogP) is 2.16. The number of nitrogens with two attached hydrogens (primary N) is 1. The van der Waals surface area contributed by atoms with Gasteiger partial charge < -0.3 is 5.73 Å². The van der Waals surface area contributed by atoms with Crippen LogP contribution in [0.1, 0.15) is 40.0 Å². The van der Waals surface area contributed by atoms with Gasteiger partial charge in [-0.25, -0.2) is 0 Å². The quantitative estimate of drug-likeness (QED) is 0.567. The standard InChI is InChI=1S/C10H19N/c1-7-9(2)4-5-10(7,3)8(11)6-9/h7-8H,4-6,11H2,1-3H3. The number of hydrogen-bond donors (Lipinski definition) is 1. The van der Waals surface area contributed by atoms with Crippen molar-refractivity contribution in [3.8, 4) is 0 Å². The zero-order valence-electron chi connectivity index (χ0n) is 7.85. The Morgan fingerprint density at radius 3 is 2.09 bits per heavy atom. The summed E-state index contributed by atoms with van der Waals surface area (Å²) in [7, 11) is 0. The zero-order chi connectivity index (χ0) is 8.28. The van der Waals surface area contributed by atoms with Gasteiger partial charge in [-0.1, -0.05) is 20.8 Å². The molecule has 2 fully saturated rings. The highest BCUT2D eigenvalue weighted by Crippen LogP contribution is 2.64. The molecule has 0 aromatic carbocycles. The summed E-state index contributed by atoms with van der Waals surface area (Å²) in [6.07, 6.45) is 4.01. The van der Waals surface area contributed by atoms with E-state index in [0.29, 0.717) is 16.9 Å². The summed E-state index contributed by atoms with van der Waals surface area (Å²) in [6.45, 7) is 7.18. The maximum atomic E-state index is 6.13. The van der Waals surface area contributed by atoms with Crippen LogP contribution in [0.25, 0.3) is 0 Å². The summed E-state index contributed by atoms with van der Waals surface area (Å²) in [5, 5.41) is 0. The lowest BCUT2D eigenvalue weighted by molar-refractivity contribution is 0.227. The van der Waals surface area contributed by atoms with E-state index in [1.807, 2.05) is 0 Å². The Balaban J connectivity index is 2.37. The van der Waals surface area contributed by atoms with Crippen LogP contribution in [0.3, 0.4) is 0 Å². The van der Waals surface area contributed by atoms with E-state index in [4.69, 9.17) is 5.73 Å². The van der Waals surface area contributed by atoms with Gasteiger partial charge in [0, 0.05) is 6.04 Å². The Kier molecular flexibility index (Phi) is 1.26. The van der Waals surface area contributed by atoms with Gasteiger partial charge in [0.15, 0.2) is 0 Å². The lowest BCUT2D eigenvalue weighted by Gasteiger charge is -2.30. The fraction of sp³-hybridized carbons (Fsp3) is 1.00. The van der Waals surface area contributed by atoms with E-state index in [0.717, 1.165) is 5.92 Å². The van der Waals surface area contributed by atoms with Gasteiger partial charge in [-0.2, -0.15) is 0 Å². The molecule has 11 heavy (non-hydrogen) atoms. The first-order valence-corrected chi connectivity index (χ1v) is 4.75. The maximum Gasteiger partial charge on any atom is 0.0101 e. The topological polar surface area (TPSA) is 26.0 Å². The van der Waals surface area contributed by atoms with Crippen molar-refractivity contribution >= 4 is 0 Å². The first kappa shape index (κ1) is 7.60. The Morgan fingerprint density at radius 2 is 1.91 bits per heavy atom. The van der Waals surface area contributed by atoms with E-state index in [9.17, 15) is 0 Å². The molecule has 0 aromatic heterocycles. The van der Waals surface area contributed by atoms with Gasteiger partial charge in [0.25, 0.3) is 0 Å². The molecule has 2 saturated carbocycles. The lowest BCUT2D eigenvalue weighted by Crippen LogP contribution is -2.37. The van der Waals surface area contributed by atoms with Gasteiger partial charge in [-0.05, 0) is 36.0 Å². The summed E-state index contributed by atoms with van der Waals surface area (Å²) in [5.41, 5.74) is 7.17. The van der Waals surface area contributed by atoms with E-state index >= 15 is 0 Å². The van der Waals surface area contributed by atoms with Gasteiger partial charge in [-0.15, -0.1) is 0 Å². The molecule has 0 aromatic rings. The fourth-order valence-electron chi connectivity index (χ4n) is 3.30. The molecule has 0 heterocycles. The van der Waals surface area contributed by atoms with Crippen molar-refractivity contribution in [3.63, 3.8) is 0 Å². The maximum absolute atomic E-state index is 6.13. The molecule has 0 amide bonds. The molecular formula is C10H19N. The van der Waals surface area contributed by atoms with Gasteiger partial charge >= 0.3 is 0 Å². The summed E-state index contributed by atoms with van der Waals surface area (Å²) in [4.78, 5) is 0. The van der Waals surface area contributed by atoms with Crippen LogP contribution in [0.5, 0.6) is 0 Å². The molecular weight excluding hydrogens is 134 g/mol. The van der Waals surface area contributed by atoms with Crippen molar-refractivity contribution in [3.05, 3.63) is 0 Å². The molecule has 0 saturated heterocycles. The molecule has 2 N–H and O–H groups in total. The summed E-state index contributed by atoms with van der Waals surface area (Å²) < 4.78 is 0. The molecule has 2 aliphatic carbocycles. The minimum atomic E-state index is 0.467. The first-order chi connectivity index (χ1) is 4.99. The third-order valence-corrected chi connectivity index (χ3v) is 4.80. The number of hydrogen-bond acceptors (Lipinski definition) is 1. The summed E-state index contributed by atoms with van der Waals surface area (Å²) >= 11 is 0. The monoisotopic (exact) mass is 153 g/mol. The van der Waals surface area contributed by atoms with Crippen LogP contribution in [0, 0.1) is 16.7 Å². The molecule has 1 nitrogen and oxygen atoms in total. The fourth-order valence-corrected chi connectivity index (χ4v) is 3.30. The van der Waals surface area contributed by atoms with Crippen molar-refractivity contribution in [2.24, 2.45) is 22.5 Å². The molecule has 0 radical (unpaired) electrons. The second-order valence-corrected chi connectivity index (χ2v) is 5.19. The van der Waals surface area contributed by atoms with Crippen LogP contribution in [-0.4, -0.2) is 6.04 Å². The van der Waals surface area contributed by atoms with Crippen LogP contribution in [0.4, 0.5) is 0 Å². The smallest absolute Gasteiger partial charge is 0.0101 e. The second kappa shape index (κ2) is 1.82. The van der Waals surface area contributed by atoms with E-state index in [-0.39, 0.29) is 0 Å². The third-order valence-electron chi connectivity index (χ3n) is 4.80. The Hall–Kier alpha value is -0.0400. The van der Waals surface area contributed by atoms with Crippen LogP contribution in [0.2, 0.25) is 0 Å². The summed E-state index contributed by atoms with van der Waals surface area (Å²) in [6, 6.07) is 0.469. The van der Waals surface area contributed by atoms with E-state index in [1.54, 1.807) is 0 Å². The Morgan fingerprint density at radius 1 is 1.27 bits per heavy atom. The molecule has 4 atom stereocenters. The van der Waals surface area contributed by atoms with Gasteiger partial charge in [-0.3, -0.25) is 0 Å². The van der Waals surface area contributed by atoms with Gasteiger partial charge in [0.1, 0.15) is 0 Å². The SMILES string of the molecule is CC1C2(C)CCC1(C)C(N)C2. The Labute approximate surface area is 69.4 Å². The third kappa shape index (κ3) is 0.703. The van der Waals surface area contributed by atoms with Crippen molar-refractivity contribution in [1.82, 2.24) is 0 Å². The van der Waals surface area contributed by atoms with Crippen molar-refractivity contribution in [2.45, 2.75) is 46.1 Å². The molecule has 2 bridgehead atoms. The average Bonchev–Trinajstić information content (AvgIpc) is 2.23. The minimum absolute atomic E-state index is 0.467. The van der Waals surface area contributed by atoms with E-state index in [2.05, 4.69) is 20.8 Å². The summed E-state index contributed by atoms with van der Waals surface area (Å²) in [5.74, 6) is 0.838. The van der Waals surface area contributed by atoms with Crippen molar-refractivity contribution < 1.29 is 0 Å². The largest absolute Gasteiger partial charge is 0.327 e. The first-order valence-electron chi connectivity index (χ1n) is 4.75. The lowest BCUT2D eigenvalue weighted by atomic mass is 9.79. The van der Waals surface area contributed by atoms with Gasteiger partial charge in [0.2, 0.25) is 0 Å². The van der Waals surface area contributed by atoms with E-state index < -0.39 is 0 Å². The van der Waals surface area contributed by atoms with Crippen LogP contribution in [-0.2, 0) is 0 Å². The molecule has 2 rings (SSSR count). The van der Waals surface area contributed by atoms with Crippen molar-refractivity contribution in [1.29, 1.82) is 0 Å². The molecule has 4 unspecified atom stereocenters. The van der Waals surface area contributed by atoms with Gasteiger partial charge in [0.05, 0.1) is 0 Å². The average molecular weight is 153 g/mol.